The minimum atomic E-state index is -4.61. The number of morpholine rings is 1. The normalized spacial score (nSPS) is 25.1. The van der Waals surface area contributed by atoms with Crippen molar-refractivity contribution in [2.24, 2.45) is 0 Å². The lowest BCUT2D eigenvalue weighted by Gasteiger charge is -2.40. The van der Waals surface area contributed by atoms with E-state index in [1.807, 2.05) is 4.90 Å². The van der Waals surface area contributed by atoms with E-state index in [9.17, 15) is 13.2 Å². The lowest BCUT2D eigenvalue weighted by molar-refractivity contribution is -0.144. The van der Waals surface area contributed by atoms with Crippen LogP contribution in [0.2, 0.25) is 0 Å². The number of alkyl halides is 3. The fourth-order valence-corrected chi connectivity index (χ4v) is 3.18. The average molecular weight is 343 g/mol. The highest BCUT2D eigenvalue weighted by molar-refractivity contribution is 5.48. The molecule has 2 aliphatic heterocycles. The molecular formula is C14H16F3N5O2. The zero-order valence-corrected chi connectivity index (χ0v) is 13.0. The van der Waals surface area contributed by atoms with Crippen LogP contribution in [0.25, 0.3) is 5.78 Å². The molecule has 2 saturated heterocycles. The molecule has 4 heterocycles. The van der Waals surface area contributed by atoms with E-state index in [2.05, 4.69) is 15.1 Å². The Labute approximate surface area is 135 Å². The average Bonchev–Trinajstić information content (AvgIpc) is 3.13. The molecule has 2 aliphatic rings. The van der Waals surface area contributed by atoms with Crippen LogP contribution in [0.4, 0.5) is 19.0 Å². The first-order valence-electron chi connectivity index (χ1n) is 7.65. The Kier molecular flexibility index (Phi) is 3.43. The zero-order valence-electron chi connectivity index (χ0n) is 13.0. The second-order valence-electron chi connectivity index (χ2n) is 6.16. The van der Waals surface area contributed by atoms with E-state index in [1.54, 1.807) is 13.0 Å². The molecule has 0 amide bonds. The Morgan fingerprint density at radius 2 is 2.08 bits per heavy atom. The minimum absolute atomic E-state index is 0.0551. The van der Waals surface area contributed by atoms with E-state index in [1.165, 1.54) is 0 Å². The quantitative estimate of drug-likeness (QED) is 0.781. The van der Waals surface area contributed by atoms with Crippen LogP contribution in [0, 0.1) is 6.92 Å². The van der Waals surface area contributed by atoms with Gasteiger partial charge in [-0.15, -0.1) is 5.10 Å². The second-order valence-corrected chi connectivity index (χ2v) is 6.16. The van der Waals surface area contributed by atoms with Gasteiger partial charge in [-0.25, -0.2) is 4.98 Å². The van der Waals surface area contributed by atoms with Crippen LogP contribution in [-0.2, 0) is 15.7 Å². The number of aryl methyl sites for hydroxylation is 1. The maximum Gasteiger partial charge on any atom is 0.453 e. The van der Waals surface area contributed by atoms with Crippen LogP contribution in [0.1, 0.15) is 17.9 Å². The maximum atomic E-state index is 12.9. The summed E-state index contributed by atoms with van der Waals surface area (Å²) in [5.41, 5.74) is 0.177. The summed E-state index contributed by atoms with van der Waals surface area (Å²) in [6.07, 6.45) is -3.84. The van der Waals surface area contributed by atoms with Crippen molar-refractivity contribution in [3.63, 3.8) is 0 Å². The van der Waals surface area contributed by atoms with Gasteiger partial charge in [0.05, 0.1) is 19.8 Å². The predicted octanol–water partition coefficient (Wildman–Crippen LogP) is 1.45. The van der Waals surface area contributed by atoms with Gasteiger partial charge in [0.15, 0.2) is 0 Å². The minimum Gasteiger partial charge on any atom is -0.378 e. The molecule has 0 aliphatic carbocycles. The van der Waals surface area contributed by atoms with Gasteiger partial charge in [-0.3, -0.25) is 0 Å². The Morgan fingerprint density at radius 1 is 1.25 bits per heavy atom. The maximum absolute atomic E-state index is 12.9. The Hall–Kier alpha value is -1.94. The Bertz CT molecular complexity index is 770. The van der Waals surface area contributed by atoms with Crippen LogP contribution in [0.3, 0.4) is 0 Å². The molecule has 1 spiro atoms. The van der Waals surface area contributed by atoms with Gasteiger partial charge in [0.1, 0.15) is 11.4 Å². The zero-order chi connectivity index (χ0) is 16.9. The molecule has 1 unspecified atom stereocenters. The third-order valence-electron chi connectivity index (χ3n) is 4.31. The van der Waals surface area contributed by atoms with Gasteiger partial charge >= 0.3 is 6.18 Å². The molecule has 10 heteroatoms. The molecule has 1 atom stereocenters. The number of anilines is 1. The molecule has 0 aromatic carbocycles. The molecule has 0 saturated carbocycles. The van der Waals surface area contributed by atoms with E-state index in [0.717, 1.165) is 10.9 Å². The van der Waals surface area contributed by atoms with Crippen molar-refractivity contribution in [1.82, 2.24) is 19.6 Å². The van der Waals surface area contributed by atoms with Gasteiger partial charge in [-0.05, 0) is 6.92 Å². The third kappa shape index (κ3) is 2.59. The summed E-state index contributed by atoms with van der Waals surface area (Å²) in [4.78, 5) is 9.55. The first-order chi connectivity index (χ1) is 11.4. The monoisotopic (exact) mass is 343 g/mol. The van der Waals surface area contributed by atoms with Crippen molar-refractivity contribution in [3.8, 4) is 0 Å². The summed E-state index contributed by atoms with van der Waals surface area (Å²) in [7, 11) is 0. The standard InChI is InChI=1S/C14H16F3N5O2/c1-9-6-10(21-3-5-24-13(7-21)2-4-23-8-13)22-12(18-9)19-11(20-22)14(15,16)17/h6H,2-5,7-8H2,1H3. The summed E-state index contributed by atoms with van der Waals surface area (Å²) < 4.78 is 51.2. The fourth-order valence-electron chi connectivity index (χ4n) is 3.18. The van der Waals surface area contributed by atoms with Gasteiger partial charge in [-0.1, -0.05) is 0 Å². The van der Waals surface area contributed by atoms with E-state index in [4.69, 9.17) is 9.47 Å². The lowest BCUT2D eigenvalue weighted by Crippen LogP contribution is -2.53. The molecule has 130 valence electrons. The van der Waals surface area contributed by atoms with E-state index in [0.29, 0.717) is 44.4 Å². The number of aromatic nitrogens is 4. The molecule has 0 bridgehead atoms. The van der Waals surface area contributed by atoms with Gasteiger partial charge in [0.25, 0.3) is 11.6 Å². The molecule has 2 fully saturated rings. The number of ether oxygens (including phenoxy) is 2. The van der Waals surface area contributed by atoms with Crippen LogP contribution < -0.4 is 4.90 Å². The van der Waals surface area contributed by atoms with Crippen molar-refractivity contribution in [1.29, 1.82) is 0 Å². The van der Waals surface area contributed by atoms with E-state index in [-0.39, 0.29) is 5.78 Å². The number of nitrogens with zero attached hydrogens (tertiary/aromatic N) is 5. The molecule has 2 aromatic heterocycles. The molecule has 0 N–H and O–H groups in total. The number of hydrogen-bond acceptors (Lipinski definition) is 6. The Morgan fingerprint density at radius 3 is 2.79 bits per heavy atom. The summed E-state index contributed by atoms with van der Waals surface area (Å²) >= 11 is 0. The van der Waals surface area contributed by atoms with E-state index < -0.39 is 17.6 Å². The van der Waals surface area contributed by atoms with Crippen molar-refractivity contribution in [2.45, 2.75) is 25.1 Å². The number of rotatable bonds is 1. The summed E-state index contributed by atoms with van der Waals surface area (Å²) in [5.74, 6) is -0.704. The third-order valence-corrected chi connectivity index (χ3v) is 4.31. The Balaban J connectivity index is 1.76. The van der Waals surface area contributed by atoms with Crippen molar-refractivity contribution in [3.05, 3.63) is 17.6 Å². The van der Waals surface area contributed by atoms with Crippen molar-refractivity contribution < 1.29 is 22.6 Å². The van der Waals surface area contributed by atoms with Gasteiger partial charge in [0.2, 0.25) is 0 Å². The molecule has 0 radical (unpaired) electrons. The van der Waals surface area contributed by atoms with Gasteiger partial charge in [0, 0.05) is 31.3 Å². The van der Waals surface area contributed by atoms with Crippen LogP contribution >= 0.6 is 0 Å². The molecule has 4 rings (SSSR count). The lowest BCUT2D eigenvalue weighted by atomic mass is 10.0. The summed E-state index contributed by atoms with van der Waals surface area (Å²) in [6.45, 7) is 4.41. The summed E-state index contributed by atoms with van der Waals surface area (Å²) in [5, 5.41) is 3.62. The molecular weight excluding hydrogens is 327 g/mol. The largest absolute Gasteiger partial charge is 0.453 e. The van der Waals surface area contributed by atoms with Gasteiger partial charge in [-0.2, -0.15) is 22.7 Å². The number of fused-ring (bicyclic) bond motifs is 1. The van der Waals surface area contributed by atoms with Crippen molar-refractivity contribution >= 4 is 11.6 Å². The fraction of sp³-hybridized carbons (Fsp3) is 0.643. The van der Waals surface area contributed by atoms with Crippen LogP contribution in [0.15, 0.2) is 6.07 Å². The van der Waals surface area contributed by atoms with Crippen LogP contribution in [-0.4, -0.2) is 58.1 Å². The first kappa shape index (κ1) is 15.6. The second kappa shape index (κ2) is 5.28. The summed E-state index contributed by atoms with van der Waals surface area (Å²) in [6, 6.07) is 1.72. The van der Waals surface area contributed by atoms with Crippen molar-refractivity contribution in [2.75, 3.05) is 37.8 Å². The predicted molar refractivity (Wildman–Crippen MR) is 76.9 cm³/mol. The molecule has 24 heavy (non-hydrogen) atoms. The highest BCUT2D eigenvalue weighted by Crippen LogP contribution is 2.31. The van der Waals surface area contributed by atoms with Crippen LogP contribution in [0.5, 0.6) is 0 Å². The number of halogens is 3. The van der Waals surface area contributed by atoms with E-state index >= 15 is 0 Å². The highest BCUT2D eigenvalue weighted by Gasteiger charge is 2.42. The number of hydrogen-bond donors (Lipinski definition) is 0. The SMILES string of the molecule is Cc1cc(N2CCOC3(CCOC3)C2)n2nc(C(F)(F)F)nc2n1. The highest BCUT2D eigenvalue weighted by atomic mass is 19.4. The topological polar surface area (TPSA) is 64.8 Å². The van der Waals surface area contributed by atoms with Gasteiger partial charge < -0.3 is 14.4 Å². The smallest absolute Gasteiger partial charge is 0.378 e. The molecule has 2 aromatic rings. The molecule has 7 nitrogen and oxygen atoms in total. The first-order valence-corrected chi connectivity index (χ1v) is 7.65.